The molecule has 0 atom stereocenters. The summed E-state index contributed by atoms with van der Waals surface area (Å²) in [6.45, 7) is 2.45. The van der Waals surface area contributed by atoms with Crippen LogP contribution in [0.5, 0.6) is 5.75 Å². The van der Waals surface area contributed by atoms with E-state index in [0.29, 0.717) is 34.9 Å². The van der Waals surface area contributed by atoms with Gasteiger partial charge in [0.1, 0.15) is 11.4 Å². The molecule has 0 aliphatic carbocycles. The van der Waals surface area contributed by atoms with Crippen LogP contribution in [0.1, 0.15) is 12.5 Å². The van der Waals surface area contributed by atoms with Crippen LogP contribution in [0.3, 0.4) is 0 Å². The van der Waals surface area contributed by atoms with Crippen LogP contribution in [0.25, 0.3) is 5.57 Å². The summed E-state index contributed by atoms with van der Waals surface area (Å²) in [6.07, 6.45) is 0. The van der Waals surface area contributed by atoms with Crippen molar-refractivity contribution in [2.75, 3.05) is 16.8 Å². The van der Waals surface area contributed by atoms with E-state index in [1.54, 1.807) is 24.3 Å². The van der Waals surface area contributed by atoms with Crippen LogP contribution in [0.2, 0.25) is 0 Å². The number of benzene rings is 3. The molecule has 0 bridgehead atoms. The average Bonchev–Trinajstić information content (AvgIpc) is 2.99. The van der Waals surface area contributed by atoms with Crippen molar-refractivity contribution in [1.82, 2.24) is 0 Å². The first-order chi connectivity index (χ1) is 14.2. The number of ether oxygens (including phenoxy) is 1. The molecule has 0 saturated carbocycles. The zero-order valence-electron chi connectivity index (χ0n) is 16.0. The topological polar surface area (TPSA) is 58.6 Å². The molecule has 5 nitrogen and oxygen atoms in total. The number of anilines is 2. The highest BCUT2D eigenvalue weighted by Crippen LogP contribution is 2.34. The van der Waals surface area contributed by atoms with Gasteiger partial charge in [0.15, 0.2) is 0 Å². The van der Waals surface area contributed by atoms with Crippen LogP contribution in [-0.4, -0.2) is 18.4 Å². The SMILES string of the molecule is CCOc1cccc(NC2=C(c3ccccc3)C(=O)N(c3ccccc3)C2=O)c1. The summed E-state index contributed by atoms with van der Waals surface area (Å²) in [5.74, 6) is -0.0474. The van der Waals surface area contributed by atoms with Crippen LogP contribution < -0.4 is 15.0 Å². The molecule has 2 amide bonds. The van der Waals surface area contributed by atoms with Crippen molar-refractivity contribution in [3.05, 3.63) is 96.2 Å². The van der Waals surface area contributed by atoms with Crippen molar-refractivity contribution in [2.24, 2.45) is 0 Å². The minimum atomic E-state index is -0.387. The van der Waals surface area contributed by atoms with Gasteiger partial charge in [-0.05, 0) is 36.8 Å². The van der Waals surface area contributed by atoms with Crippen molar-refractivity contribution >= 4 is 28.8 Å². The van der Waals surface area contributed by atoms with E-state index in [4.69, 9.17) is 4.74 Å². The number of amides is 2. The molecule has 0 saturated heterocycles. The third-order valence-corrected chi connectivity index (χ3v) is 4.58. The maximum Gasteiger partial charge on any atom is 0.282 e. The summed E-state index contributed by atoms with van der Waals surface area (Å²) in [6, 6.07) is 25.5. The van der Waals surface area contributed by atoms with Crippen molar-refractivity contribution in [2.45, 2.75) is 6.92 Å². The molecular formula is C24H20N2O3. The van der Waals surface area contributed by atoms with Crippen molar-refractivity contribution in [3.63, 3.8) is 0 Å². The number of rotatable bonds is 6. The Bertz CT molecular complexity index is 1080. The Morgan fingerprint density at radius 2 is 1.52 bits per heavy atom. The number of carbonyl (C=O) groups is 2. The molecule has 4 rings (SSSR count). The summed E-state index contributed by atoms with van der Waals surface area (Å²) in [7, 11) is 0. The molecular weight excluding hydrogens is 364 g/mol. The number of nitrogens with one attached hydrogen (secondary N) is 1. The van der Waals surface area contributed by atoms with Gasteiger partial charge in [0.2, 0.25) is 0 Å². The van der Waals surface area contributed by atoms with Crippen LogP contribution in [0.15, 0.2) is 90.6 Å². The van der Waals surface area contributed by atoms with Gasteiger partial charge in [-0.3, -0.25) is 9.59 Å². The summed E-state index contributed by atoms with van der Waals surface area (Å²) in [5.41, 5.74) is 2.50. The standard InChI is InChI=1S/C24H20N2O3/c1-2-29-20-15-9-12-18(16-20)25-22-21(17-10-5-3-6-11-17)23(27)26(24(22)28)19-13-7-4-8-14-19/h3-16,25H,2H2,1H3. The number of hydrogen-bond donors (Lipinski definition) is 1. The van der Waals surface area contributed by atoms with E-state index in [-0.39, 0.29) is 17.5 Å². The fourth-order valence-corrected chi connectivity index (χ4v) is 3.30. The lowest BCUT2D eigenvalue weighted by Crippen LogP contribution is -2.32. The molecule has 1 heterocycles. The number of carbonyl (C=O) groups excluding carboxylic acids is 2. The second-order valence-corrected chi connectivity index (χ2v) is 6.48. The van der Waals surface area contributed by atoms with E-state index in [1.807, 2.05) is 67.6 Å². The Kier molecular flexibility index (Phi) is 5.12. The Morgan fingerprint density at radius 3 is 2.21 bits per heavy atom. The minimum Gasteiger partial charge on any atom is -0.494 e. The maximum atomic E-state index is 13.3. The first-order valence-electron chi connectivity index (χ1n) is 9.42. The summed E-state index contributed by atoms with van der Waals surface area (Å²) in [4.78, 5) is 27.7. The number of para-hydroxylation sites is 1. The second kappa shape index (κ2) is 8.02. The minimum absolute atomic E-state index is 0.249. The van der Waals surface area contributed by atoms with E-state index < -0.39 is 0 Å². The monoisotopic (exact) mass is 384 g/mol. The molecule has 29 heavy (non-hydrogen) atoms. The van der Waals surface area contributed by atoms with Gasteiger partial charge in [-0.15, -0.1) is 0 Å². The van der Waals surface area contributed by atoms with Gasteiger partial charge in [-0.2, -0.15) is 0 Å². The summed E-state index contributed by atoms with van der Waals surface area (Å²) >= 11 is 0. The van der Waals surface area contributed by atoms with Gasteiger partial charge >= 0.3 is 0 Å². The molecule has 0 radical (unpaired) electrons. The molecule has 5 heteroatoms. The van der Waals surface area contributed by atoms with E-state index in [2.05, 4.69) is 5.32 Å². The van der Waals surface area contributed by atoms with Crippen LogP contribution in [-0.2, 0) is 9.59 Å². The second-order valence-electron chi connectivity index (χ2n) is 6.48. The van der Waals surface area contributed by atoms with Crippen LogP contribution in [0, 0.1) is 0 Å². The van der Waals surface area contributed by atoms with E-state index in [1.165, 1.54) is 4.90 Å². The summed E-state index contributed by atoms with van der Waals surface area (Å²) < 4.78 is 5.54. The Labute approximate surface area is 169 Å². The van der Waals surface area contributed by atoms with Crippen LogP contribution in [0.4, 0.5) is 11.4 Å². The van der Waals surface area contributed by atoms with Gasteiger partial charge in [0, 0.05) is 11.8 Å². The van der Waals surface area contributed by atoms with Crippen molar-refractivity contribution in [1.29, 1.82) is 0 Å². The Morgan fingerprint density at radius 1 is 0.828 bits per heavy atom. The normalized spacial score (nSPS) is 13.8. The van der Waals surface area contributed by atoms with E-state index in [0.717, 1.165) is 0 Å². The number of hydrogen-bond acceptors (Lipinski definition) is 4. The predicted octanol–water partition coefficient (Wildman–Crippen LogP) is 4.48. The first kappa shape index (κ1) is 18.5. The highest BCUT2D eigenvalue weighted by Gasteiger charge is 2.40. The molecule has 144 valence electrons. The van der Waals surface area contributed by atoms with Crippen LogP contribution >= 0.6 is 0 Å². The van der Waals surface area contributed by atoms with Crippen molar-refractivity contribution in [3.8, 4) is 5.75 Å². The number of nitrogens with zero attached hydrogens (tertiary/aromatic N) is 1. The smallest absolute Gasteiger partial charge is 0.282 e. The lowest BCUT2D eigenvalue weighted by Gasteiger charge is -2.15. The van der Waals surface area contributed by atoms with Crippen molar-refractivity contribution < 1.29 is 14.3 Å². The van der Waals surface area contributed by atoms with Gasteiger partial charge in [-0.25, -0.2) is 4.90 Å². The van der Waals surface area contributed by atoms with Gasteiger partial charge < -0.3 is 10.1 Å². The number of imide groups is 1. The molecule has 0 unspecified atom stereocenters. The van der Waals surface area contributed by atoms with E-state index >= 15 is 0 Å². The Balaban J connectivity index is 1.78. The van der Waals surface area contributed by atoms with Gasteiger partial charge in [0.25, 0.3) is 11.8 Å². The Hall–Kier alpha value is -3.86. The third-order valence-electron chi connectivity index (χ3n) is 4.58. The molecule has 3 aromatic rings. The fourth-order valence-electron chi connectivity index (χ4n) is 3.30. The zero-order chi connectivity index (χ0) is 20.2. The highest BCUT2D eigenvalue weighted by atomic mass is 16.5. The third kappa shape index (κ3) is 3.62. The fraction of sp³-hybridized carbons (Fsp3) is 0.0833. The first-order valence-corrected chi connectivity index (χ1v) is 9.42. The molecule has 0 fully saturated rings. The maximum absolute atomic E-state index is 13.3. The highest BCUT2D eigenvalue weighted by molar-refractivity contribution is 6.46. The molecule has 0 aromatic heterocycles. The molecule has 3 aromatic carbocycles. The molecule has 1 aliphatic heterocycles. The van der Waals surface area contributed by atoms with Gasteiger partial charge in [-0.1, -0.05) is 54.6 Å². The predicted molar refractivity (Wildman–Crippen MR) is 114 cm³/mol. The van der Waals surface area contributed by atoms with E-state index in [9.17, 15) is 9.59 Å². The quantitative estimate of drug-likeness (QED) is 0.637. The average molecular weight is 384 g/mol. The largest absolute Gasteiger partial charge is 0.494 e. The lowest BCUT2D eigenvalue weighted by molar-refractivity contribution is -0.120. The molecule has 0 spiro atoms. The molecule has 1 N–H and O–H groups in total. The molecule has 1 aliphatic rings. The lowest BCUT2D eigenvalue weighted by atomic mass is 10.0. The zero-order valence-corrected chi connectivity index (χ0v) is 16.0. The van der Waals surface area contributed by atoms with Gasteiger partial charge in [0.05, 0.1) is 17.9 Å². The summed E-state index contributed by atoms with van der Waals surface area (Å²) in [5, 5.41) is 3.16.